The molecule has 0 saturated heterocycles. The van der Waals surface area contributed by atoms with Crippen LogP contribution in [0, 0.1) is 5.92 Å². The minimum atomic E-state index is -1.11. The zero-order valence-corrected chi connectivity index (χ0v) is 10.6. The van der Waals surface area contributed by atoms with Crippen molar-refractivity contribution in [1.82, 2.24) is 5.32 Å². The second-order valence-electron chi connectivity index (χ2n) is 4.75. The van der Waals surface area contributed by atoms with E-state index in [0.717, 1.165) is 0 Å². The molecule has 6 heteroatoms. The molecule has 0 fully saturated rings. The molecule has 1 aliphatic rings. The van der Waals surface area contributed by atoms with Crippen LogP contribution in [-0.4, -0.2) is 28.9 Å². The van der Waals surface area contributed by atoms with Gasteiger partial charge < -0.3 is 15.7 Å². The highest BCUT2D eigenvalue weighted by Gasteiger charge is 2.30. The predicted octanol–water partition coefficient (Wildman–Crippen LogP) is 1.09. The maximum Gasteiger partial charge on any atom is 0.335 e. The summed E-state index contributed by atoms with van der Waals surface area (Å²) in [7, 11) is 0. The van der Waals surface area contributed by atoms with E-state index in [1.807, 2.05) is 13.8 Å². The molecule has 6 nitrogen and oxygen atoms in total. The van der Waals surface area contributed by atoms with Crippen LogP contribution in [0.4, 0.5) is 5.69 Å². The third-order valence-corrected chi connectivity index (χ3v) is 3.00. The van der Waals surface area contributed by atoms with Crippen LogP contribution >= 0.6 is 0 Å². The lowest BCUT2D eigenvalue weighted by molar-refractivity contribution is -0.118. The molecule has 1 aromatic rings. The molecule has 1 aliphatic heterocycles. The Hall–Kier alpha value is -2.37. The maximum absolute atomic E-state index is 12.0. The Labute approximate surface area is 109 Å². The molecular formula is C13H14N2O4. The molecule has 1 aromatic carbocycles. The molecule has 0 radical (unpaired) electrons. The molecule has 2 amide bonds. The van der Waals surface area contributed by atoms with Crippen molar-refractivity contribution >= 4 is 23.5 Å². The van der Waals surface area contributed by atoms with E-state index in [-0.39, 0.29) is 34.5 Å². The van der Waals surface area contributed by atoms with Crippen molar-refractivity contribution in [2.45, 2.75) is 19.9 Å². The van der Waals surface area contributed by atoms with Gasteiger partial charge in [0.05, 0.1) is 16.8 Å². The fraction of sp³-hybridized carbons (Fsp3) is 0.308. The van der Waals surface area contributed by atoms with Gasteiger partial charge in [0.2, 0.25) is 5.91 Å². The second-order valence-corrected chi connectivity index (χ2v) is 4.75. The number of carbonyl (C=O) groups is 3. The monoisotopic (exact) mass is 262 g/mol. The van der Waals surface area contributed by atoms with E-state index >= 15 is 0 Å². The van der Waals surface area contributed by atoms with Crippen LogP contribution in [0.2, 0.25) is 0 Å². The van der Waals surface area contributed by atoms with Crippen LogP contribution < -0.4 is 10.6 Å². The van der Waals surface area contributed by atoms with Gasteiger partial charge in [-0.05, 0) is 24.1 Å². The Bertz CT molecular complexity index is 566. The molecule has 1 heterocycles. The summed E-state index contributed by atoms with van der Waals surface area (Å²) in [5.74, 6) is -1.90. The van der Waals surface area contributed by atoms with Gasteiger partial charge in [-0.1, -0.05) is 13.8 Å². The molecule has 0 aliphatic carbocycles. The van der Waals surface area contributed by atoms with Crippen molar-refractivity contribution in [2.75, 3.05) is 5.32 Å². The van der Waals surface area contributed by atoms with Gasteiger partial charge in [0.1, 0.15) is 6.04 Å². The first-order valence-electron chi connectivity index (χ1n) is 5.89. The predicted molar refractivity (Wildman–Crippen MR) is 68.1 cm³/mol. The number of carboxylic acids is 1. The first kappa shape index (κ1) is 13.1. The van der Waals surface area contributed by atoms with Crippen molar-refractivity contribution in [1.29, 1.82) is 0 Å². The highest BCUT2D eigenvalue weighted by molar-refractivity contribution is 6.10. The third kappa shape index (κ3) is 2.42. The highest BCUT2D eigenvalue weighted by atomic mass is 16.4. The van der Waals surface area contributed by atoms with Gasteiger partial charge >= 0.3 is 5.97 Å². The number of nitrogens with one attached hydrogen (secondary N) is 2. The first-order valence-corrected chi connectivity index (χ1v) is 5.89. The Balaban J connectivity index is 2.45. The number of carboxylic acid groups (broad SMARTS) is 1. The van der Waals surface area contributed by atoms with Crippen LogP contribution in [0.3, 0.4) is 0 Å². The van der Waals surface area contributed by atoms with Gasteiger partial charge in [-0.25, -0.2) is 4.79 Å². The smallest absolute Gasteiger partial charge is 0.335 e. The summed E-state index contributed by atoms with van der Waals surface area (Å²) in [6.07, 6.45) is 0. The van der Waals surface area contributed by atoms with Crippen LogP contribution in [0.25, 0.3) is 0 Å². The molecule has 1 atom stereocenters. The summed E-state index contributed by atoms with van der Waals surface area (Å²) < 4.78 is 0. The van der Waals surface area contributed by atoms with Crippen LogP contribution in [0.1, 0.15) is 34.6 Å². The fourth-order valence-electron chi connectivity index (χ4n) is 1.94. The van der Waals surface area contributed by atoms with Crippen LogP contribution in [-0.2, 0) is 4.79 Å². The van der Waals surface area contributed by atoms with Gasteiger partial charge in [-0.15, -0.1) is 0 Å². The van der Waals surface area contributed by atoms with Gasteiger partial charge in [-0.2, -0.15) is 0 Å². The summed E-state index contributed by atoms with van der Waals surface area (Å²) in [5.41, 5.74) is 0.516. The Morgan fingerprint density at radius 1 is 1.32 bits per heavy atom. The number of hydrogen-bond acceptors (Lipinski definition) is 3. The largest absolute Gasteiger partial charge is 0.478 e. The number of carbonyl (C=O) groups excluding carboxylic acids is 2. The molecule has 0 spiro atoms. The summed E-state index contributed by atoms with van der Waals surface area (Å²) in [5, 5.41) is 14.1. The Morgan fingerprint density at radius 3 is 2.58 bits per heavy atom. The summed E-state index contributed by atoms with van der Waals surface area (Å²) in [6, 6.07) is 3.39. The summed E-state index contributed by atoms with van der Waals surface area (Å²) in [4.78, 5) is 34.9. The van der Waals surface area contributed by atoms with Gasteiger partial charge in [0.25, 0.3) is 5.91 Å². The number of aromatic carboxylic acids is 1. The van der Waals surface area contributed by atoms with Crippen molar-refractivity contribution in [2.24, 2.45) is 5.92 Å². The SMILES string of the molecule is CC(C)[C@H]1NC(=O)c2ccc(C(=O)O)cc2NC1=O. The lowest BCUT2D eigenvalue weighted by Gasteiger charge is -2.17. The fourth-order valence-corrected chi connectivity index (χ4v) is 1.94. The van der Waals surface area contributed by atoms with Crippen molar-refractivity contribution in [3.63, 3.8) is 0 Å². The topological polar surface area (TPSA) is 95.5 Å². The molecule has 0 saturated carbocycles. The van der Waals surface area contributed by atoms with Crippen molar-refractivity contribution in [3.05, 3.63) is 29.3 Å². The minimum absolute atomic E-state index is 0.0230. The molecule has 19 heavy (non-hydrogen) atoms. The zero-order valence-electron chi connectivity index (χ0n) is 10.6. The van der Waals surface area contributed by atoms with E-state index in [1.165, 1.54) is 18.2 Å². The number of anilines is 1. The number of fused-ring (bicyclic) bond motifs is 1. The number of hydrogen-bond donors (Lipinski definition) is 3. The molecule has 3 N–H and O–H groups in total. The number of rotatable bonds is 2. The molecule has 0 unspecified atom stereocenters. The van der Waals surface area contributed by atoms with E-state index in [0.29, 0.717) is 0 Å². The second kappa shape index (κ2) is 4.72. The maximum atomic E-state index is 12.0. The van der Waals surface area contributed by atoms with E-state index in [9.17, 15) is 14.4 Å². The summed E-state index contributed by atoms with van der Waals surface area (Å²) in [6.45, 7) is 3.65. The average molecular weight is 262 g/mol. The van der Waals surface area contributed by atoms with Crippen LogP contribution in [0.5, 0.6) is 0 Å². The quantitative estimate of drug-likeness (QED) is 0.743. The molecule has 100 valence electrons. The van der Waals surface area contributed by atoms with Gasteiger partial charge in [-0.3, -0.25) is 9.59 Å². The standard InChI is InChI=1S/C13H14N2O4/c1-6(2)10-12(17)14-9-5-7(13(18)19)3-4-8(9)11(16)15-10/h3-6,10H,1-2H3,(H,14,17)(H,15,16)(H,18,19)/t10-/m1/s1. The third-order valence-electron chi connectivity index (χ3n) is 3.00. The van der Waals surface area contributed by atoms with E-state index < -0.39 is 12.0 Å². The lowest BCUT2D eigenvalue weighted by Crippen LogP contribution is -2.44. The van der Waals surface area contributed by atoms with E-state index in [1.54, 1.807) is 0 Å². The molecule has 0 aromatic heterocycles. The minimum Gasteiger partial charge on any atom is -0.478 e. The number of amides is 2. The lowest BCUT2D eigenvalue weighted by atomic mass is 10.0. The van der Waals surface area contributed by atoms with E-state index in [4.69, 9.17) is 5.11 Å². The van der Waals surface area contributed by atoms with Gasteiger partial charge in [0, 0.05) is 0 Å². The first-order chi connectivity index (χ1) is 8.90. The molecule has 2 rings (SSSR count). The number of benzene rings is 1. The zero-order chi connectivity index (χ0) is 14.2. The van der Waals surface area contributed by atoms with Crippen LogP contribution in [0.15, 0.2) is 18.2 Å². The van der Waals surface area contributed by atoms with Gasteiger partial charge in [0.15, 0.2) is 0 Å². The Morgan fingerprint density at radius 2 is 2.00 bits per heavy atom. The van der Waals surface area contributed by atoms with Crippen molar-refractivity contribution in [3.8, 4) is 0 Å². The normalized spacial score (nSPS) is 18.4. The average Bonchev–Trinajstić information content (AvgIpc) is 2.46. The molecule has 0 bridgehead atoms. The Kier molecular flexibility index (Phi) is 3.25. The summed E-state index contributed by atoms with van der Waals surface area (Å²) >= 11 is 0. The van der Waals surface area contributed by atoms with E-state index in [2.05, 4.69) is 10.6 Å². The van der Waals surface area contributed by atoms with Crippen molar-refractivity contribution < 1.29 is 19.5 Å². The molecular weight excluding hydrogens is 248 g/mol. The highest BCUT2D eigenvalue weighted by Crippen LogP contribution is 2.22.